The molecule has 0 saturated carbocycles. The van der Waals surface area contributed by atoms with Gasteiger partial charge in [-0.05, 0) is 86.3 Å². The van der Waals surface area contributed by atoms with Crippen molar-refractivity contribution in [1.82, 2.24) is 20.6 Å². The summed E-state index contributed by atoms with van der Waals surface area (Å²) in [4.78, 5) is 67.6. The van der Waals surface area contributed by atoms with Crippen LogP contribution in [-0.2, 0) is 27.2 Å². The molecule has 2 N–H and O–H groups in total. The number of likely N-dealkylation sites (N-methyl/N-ethyl adjacent to an activating group) is 2. The van der Waals surface area contributed by atoms with Gasteiger partial charge in [0.2, 0.25) is 11.8 Å². The summed E-state index contributed by atoms with van der Waals surface area (Å²) in [6, 6.07) is 26.8. The first kappa shape index (κ1) is 45.0. The third-order valence-corrected chi connectivity index (χ3v) is 9.66. The van der Waals surface area contributed by atoms with Crippen LogP contribution in [0.3, 0.4) is 0 Å². The van der Waals surface area contributed by atoms with Crippen LogP contribution in [-0.4, -0.2) is 88.9 Å². The quantitative estimate of drug-likeness (QED) is 0.141. The minimum atomic E-state index is -0.341. The van der Waals surface area contributed by atoms with Gasteiger partial charge in [-0.1, -0.05) is 73.8 Å². The van der Waals surface area contributed by atoms with E-state index in [9.17, 15) is 24.0 Å². The molecule has 0 aliphatic carbocycles. The number of anilines is 2. The van der Waals surface area contributed by atoms with Crippen LogP contribution in [0.25, 0.3) is 0 Å². The second-order valence-electron chi connectivity index (χ2n) is 12.3. The number of ketones is 1. The number of nitrogens with one attached hydrogen (secondary N) is 2. The minimum absolute atomic E-state index is 0.167. The largest absolute Gasteiger partial charge is 0.492 e. The van der Waals surface area contributed by atoms with E-state index in [1.807, 2.05) is 123 Å². The van der Waals surface area contributed by atoms with Crippen LogP contribution in [0.2, 0.25) is 0 Å². The van der Waals surface area contributed by atoms with Gasteiger partial charge in [0.15, 0.2) is 0 Å². The van der Waals surface area contributed by atoms with Gasteiger partial charge in [-0.3, -0.25) is 29.8 Å². The molecule has 56 heavy (non-hydrogen) atoms. The Bertz CT molecular complexity index is 1700. The Morgan fingerprint density at radius 1 is 0.625 bits per heavy atom. The van der Waals surface area contributed by atoms with Gasteiger partial charge in [0.1, 0.15) is 42.1 Å². The molecule has 13 nitrogen and oxygen atoms in total. The molecule has 4 amide bonds. The molecular weight excluding hydrogens is 753 g/mol. The summed E-state index contributed by atoms with van der Waals surface area (Å²) in [6.07, 6.45) is 4.60. The van der Waals surface area contributed by atoms with Gasteiger partial charge in [-0.15, -0.1) is 0 Å². The second kappa shape index (κ2) is 24.2. The van der Waals surface area contributed by atoms with E-state index in [-0.39, 0.29) is 38.6 Å². The van der Waals surface area contributed by atoms with Crippen molar-refractivity contribution in [3.63, 3.8) is 0 Å². The number of hydrogen-bond acceptors (Lipinski definition) is 13. The highest BCUT2D eigenvalue weighted by molar-refractivity contribution is 8.15. The van der Waals surface area contributed by atoms with Crippen molar-refractivity contribution in [2.75, 3.05) is 50.2 Å². The normalized spacial score (nSPS) is 15.4. The number of benzene rings is 2. The van der Waals surface area contributed by atoms with Crippen molar-refractivity contribution in [2.24, 2.45) is 0 Å². The van der Waals surface area contributed by atoms with Crippen molar-refractivity contribution in [3.05, 3.63) is 108 Å². The lowest BCUT2D eigenvalue weighted by atomic mass is 10.1. The molecule has 2 aliphatic heterocycles. The predicted molar refractivity (Wildman–Crippen MR) is 224 cm³/mol. The van der Waals surface area contributed by atoms with Crippen molar-refractivity contribution >= 4 is 63.2 Å². The number of pyridine rings is 2. The van der Waals surface area contributed by atoms with E-state index < -0.39 is 0 Å². The average molecular weight is 803 g/mol. The first-order chi connectivity index (χ1) is 27.0. The number of aromatic nitrogens is 2. The lowest BCUT2D eigenvalue weighted by Crippen LogP contribution is -2.25. The monoisotopic (exact) mass is 802 g/mol. The van der Waals surface area contributed by atoms with Crippen LogP contribution in [0, 0.1) is 0 Å². The molecule has 2 saturated heterocycles. The first-order valence-electron chi connectivity index (χ1n) is 18.1. The second-order valence-corrected chi connectivity index (χ2v) is 14.6. The number of thioether (sulfide) groups is 2. The highest BCUT2D eigenvalue weighted by atomic mass is 32.2. The lowest BCUT2D eigenvalue weighted by Gasteiger charge is -2.18. The van der Waals surface area contributed by atoms with Crippen molar-refractivity contribution in [1.29, 1.82) is 0 Å². The molecule has 0 radical (unpaired) electrons. The molecule has 6 rings (SSSR count). The van der Waals surface area contributed by atoms with E-state index in [1.165, 1.54) is 13.8 Å². The zero-order chi connectivity index (χ0) is 40.9. The maximum atomic E-state index is 11.6. The van der Waals surface area contributed by atoms with Crippen LogP contribution in [0.5, 0.6) is 11.5 Å². The van der Waals surface area contributed by atoms with Gasteiger partial charge >= 0.3 is 0 Å². The van der Waals surface area contributed by atoms with E-state index in [2.05, 4.69) is 20.6 Å². The molecule has 4 heterocycles. The minimum Gasteiger partial charge on any atom is -0.492 e. The fraction of sp³-hybridized carbons (Fsp3) is 0.341. The number of ether oxygens (including phenoxy) is 2. The van der Waals surface area contributed by atoms with E-state index in [0.29, 0.717) is 26.1 Å². The fourth-order valence-electron chi connectivity index (χ4n) is 4.92. The molecule has 15 heteroatoms. The zero-order valence-electron chi connectivity index (χ0n) is 32.6. The third kappa shape index (κ3) is 16.1. The van der Waals surface area contributed by atoms with Gasteiger partial charge in [-0.25, -0.2) is 9.97 Å². The number of rotatable bonds is 14. The van der Waals surface area contributed by atoms with Crippen molar-refractivity contribution < 1.29 is 33.4 Å². The molecule has 2 atom stereocenters. The molecule has 4 aromatic rings. The summed E-state index contributed by atoms with van der Waals surface area (Å²) in [7, 11) is 3.95. The number of carbonyl (C=O) groups is 5. The predicted octanol–water partition coefficient (Wildman–Crippen LogP) is 6.60. The number of imide groups is 2. The Morgan fingerprint density at radius 2 is 0.982 bits per heavy atom. The molecule has 2 fully saturated rings. The van der Waals surface area contributed by atoms with Crippen LogP contribution in [0.1, 0.15) is 38.8 Å². The Labute approximate surface area is 337 Å². The lowest BCUT2D eigenvalue weighted by molar-refractivity contribution is -0.119. The molecule has 2 aromatic carbocycles. The average Bonchev–Trinajstić information content (AvgIpc) is 3.70. The Morgan fingerprint density at radius 3 is 1.27 bits per heavy atom. The fourth-order valence-corrected chi connectivity index (χ4v) is 6.64. The summed E-state index contributed by atoms with van der Waals surface area (Å²) in [5, 5.41) is 3.38. The van der Waals surface area contributed by atoms with Gasteiger partial charge in [0.25, 0.3) is 10.5 Å². The standard InChI is InChI=1S/2C18H19N3O3S.C3H6O.C2H6/c2*1-21(16-4-2-3-9-19-16)10-11-24-14-7-5-13(6-8-14)12-15-17(22)20-18(23)25-15;1-3(2)4;1-2/h2*2-9,15H,10-12H2,1H3,(H,20,22,23);1-2H3;1-2H3. The highest BCUT2D eigenvalue weighted by Gasteiger charge is 2.32. The van der Waals surface area contributed by atoms with E-state index in [1.54, 1.807) is 12.4 Å². The Balaban J connectivity index is 0.000000264. The number of carbonyl (C=O) groups excluding carboxylic acids is 5. The summed E-state index contributed by atoms with van der Waals surface area (Å²) >= 11 is 2.09. The molecule has 0 bridgehead atoms. The number of Topliss-reactive ketones (excluding diaryl/α,β-unsaturated/α-hetero) is 1. The molecule has 298 valence electrons. The Hall–Kier alpha value is -5.41. The van der Waals surface area contributed by atoms with Gasteiger partial charge in [0.05, 0.1) is 23.6 Å². The molecule has 2 unspecified atom stereocenters. The van der Waals surface area contributed by atoms with Crippen LogP contribution >= 0.6 is 23.5 Å². The van der Waals surface area contributed by atoms with Crippen molar-refractivity contribution in [3.8, 4) is 11.5 Å². The third-order valence-electron chi connectivity index (χ3n) is 7.69. The van der Waals surface area contributed by atoms with Crippen LogP contribution < -0.4 is 29.9 Å². The number of amides is 4. The SMILES string of the molecule is CC.CC(C)=O.CN(CCOc1ccc(CC2SC(=O)NC2=O)cc1)c1ccccn1.CN(CCOc1ccc(CC2SC(=O)NC2=O)cc1)c1ccccn1. The van der Waals surface area contributed by atoms with Gasteiger partial charge < -0.3 is 24.1 Å². The Kier molecular flexibility index (Phi) is 19.4. The van der Waals surface area contributed by atoms with E-state index in [4.69, 9.17) is 9.47 Å². The molecule has 2 aromatic heterocycles. The summed E-state index contributed by atoms with van der Waals surface area (Å²) in [5.41, 5.74) is 2.00. The maximum absolute atomic E-state index is 11.6. The molecule has 0 spiro atoms. The van der Waals surface area contributed by atoms with Crippen molar-refractivity contribution in [2.45, 2.75) is 51.0 Å². The van der Waals surface area contributed by atoms with Gasteiger partial charge in [0, 0.05) is 26.5 Å². The number of hydrogen-bond donors (Lipinski definition) is 2. The first-order valence-corrected chi connectivity index (χ1v) is 19.9. The summed E-state index contributed by atoms with van der Waals surface area (Å²) in [5.74, 6) is 3.10. The maximum Gasteiger partial charge on any atom is 0.286 e. The van der Waals surface area contributed by atoms with Crippen LogP contribution in [0.15, 0.2) is 97.3 Å². The topological polar surface area (TPSA) is 160 Å². The zero-order valence-corrected chi connectivity index (χ0v) is 34.2. The van der Waals surface area contributed by atoms with E-state index >= 15 is 0 Å². The summed E-state index contributed by atoms with van der Waals surface area (Å²) < 4.78 is 11.5. The smallest absolute Gasteiger partial charge is 0.286 e. The molecular formula is C41H50N6O7S2. The highest BCUT2D eigenvalue weighted by Crippen LogP contribution is 2.25. The van der Waals surface area contributed by atoms with Gasteiger partial charge in [-0.2, -0.15) is 0 Å². The van der Waals surface area contributed by atoms with E-state index in [0.717, 1.165) is 70.9 Å². The summed E-state index contributed by atoms with van der Waals surface area (Å²) in [6.45, 7) is 9.59. The number of nitrogens with zero attached hydrogens (tertiary/aromatic N) is 4. The van der Waals surface area contributed by atoms with Crippen LogP contribution in [0.4, 0.5) is 21.2 Å². The molecule has 2 aliphatic rings.